The van der Waals surface area contributed by atoms with Crippen LogP contribution in [0.1, 0.15) is 44.3 Å². The van der Waals surface area contributed by atoms with Gasteiger partial charge in [-0.25, -0.2) is 9.78 Å². The van der Waals surface area contributed by atoms with Crippen LogP contribution in [0.15, 0.2) is 42.5 Å². The molecule has 3 N–H and O–H groups in total. The van der Waals surface area contributed by atoms with E-state index in [9.17, 15) is 9.59 Å². The first-order valence-electron chi connectivity index (χ1n) is 11.6. The molecule has 9 heteroatoms. The summed E-state index contributed by atoms with van der Waals surface area (Å²) in [6, 6.07) is 13.2. The summed E-state index contributed by atoms with van der Waals surface area (Å²) in [7, 11) is 0. The number of amides is 1. The standard InChI is InChI=1S/C17H18ClN3OS.C9H8O3/c1-9-20-15(16(23-9)10-3-2-4-12(18)5-10)17(22)21-13(8-19)6-11-7-14(11)21;10-9(11)7-2-1-3-8-6(7)4-5-12-8/h2-5,11,13-14H,6-8,19H2,1H3;1-3H,4-5H2,(H,10,11)/t11-,13+,14+;/m1./s1. The summed E-state index contributed by atoms with van der Waals surface area (Å²) in [5, 5.41) is 10.3. The van der Waals surface area contributed by atoms with Gasteiger partial charge < -0.3 is 20.5 Å². The van der Waals surface area contributed by atoms with Gasteiger partial charge >= 0.3 is 5.97 Å². The number of hydrogen-bond donors (Lipinski definition) is 2. The molecule has 3 heterocycles. The zero-order valence-corrected chi connectivity index (χ0v) is 20.8. The average Bonchev–Trinajstić information content (AvgIpc) is 3.19. The maximum Gasteiger partial charge on any atom is 0.336 e. The quantitative estimate of drug-likeness (QED) is 0.528. The van der Waals surface area contributed by atoms with Gasteiger partial charge in [-0.2, -0.15) is 0 Å². The topological polar surface area (TPSA) is 106 Å². The molecule has 7 nitrogen and oxygen atoms in total. The third kappa shape index (κ3) is 4.66. The fraction of sp³-hybridized carbons (Fsp3) is 0.346. The maximum atomic E-state index is 13.1. The molecule has 3 aromatic rings. The van der Waals surface area contributed by atoms with Gasteiger partial charge in [0.2, 0.25) is 0 Å². The molecule has 1 saturated heterocycles. The van der Waals surface area contributed by atoms with Gasteiger partial charge in [0.15, 0.2) is 0 Å². The molecular weight excluding hydrogens is 486 g/mol. The number of hydrogen-bond acceptors (Lipinski definition) is 6. The lowest BCUT2D eigenvalue weighted by atomic mass is 10.1. The molecule has 0 radical (unpaired) electrons. The molecule has 6 rings (SSSR count). The molecular formula is C26H26ClN3O4S. The molecule has 35 heavy (non-hydrogen) atoms. The van der Waals surface area contributed by atoms with Crippen LogP contribution in [0, 0.1) is 12.8 Å². The number of rotatable bonds is 4. The van der Waals surface area contributed by atoms with Gasteiger partial charge in [0.05, 0.1) is 22.1 Å². The van der Waals surface area contributed by atoms with Gasteiger partial charge in [0.25, 0.3) is 5.91 Å². The number of aromatic carboxylic acids is 1. The predicted octanol–water partition coefficient (Wildman–Crippen LogP) is 4.65. The number of aromatic nitrogens is 1. The summed E-state index contributed by atoms with van der Waals surface area (Å²) in [6.45, 7) is 3.05. The number of piperidine rings is 1. The van der Waals surface area contributed by atoms with E-state index in [1.54, 1.807) is 18.2 Å². The molecule has 1 aromatic heterocycles. The monoisotopic (exact) mass is 511 g/mol. The first-order chi connectivity index (χ1) is 16.9. The number of carboxylic acids is 1. The van der Waals surface area contributed by atoms with Crippen molar-refractivity contribution in [2.75, 3.05) is 13.2 Å². The Hall–Kier alpha value is -2.94. The van der Waals surface area contributed by atoms with Crippen molar-refractivity contribution in [3.63, 3.8) is 0 Å². The van der Waals surface area contributed by atoms with Crippen LogP contribution < -0.4 is 10.5 Å². The number of likely N-dealkylation sites (tertiary alicyclic amines) is 1. The Labute approximate surface area is 212 Å². The van der Waals surface area contributed by atoms with Crippen molar-refractivity contribution in [3.05, 3.63) is 69.3 Å². The van der Waals surface area contributed by atoms with Crippen molar-refractivity contribution in [2.45, 2.75) is 38.3 Å². The Morgan fingerprint density at radius 3 is 2.80 bits per heavy atom. The normalized spacial score (nSPS) is 21.5. The van der Waals surface area contributed by atoms with Crippen LogP contribution in [0.5, 0.6) is 5.75 Å². The number of halogens is 1. The van der Waals surface area contributed by atoms with Crippen LogP contribution in [-0.4, -0.2) is 52.1 Å². The third-order valence-corrected chi connectivity index (χ3v) is 7.97. The Morgan fingerprint density at radius 1 is 1.26 bits per heavy atom. The number of nitrogens with zero attached hydrogens (tertiary/aromatic N) is 2. The predicted molar refractivity (Wildman–Crippen MR) is 135 cm³/mol. The molecule has 2 fully saturated rings. The Balaban J connectivity index is 0.000000178. The summed E-state index contributed by atoms with van der Waals surface area (Å²) < 4.78 is 5.23. The molecule has 2 aromatic carbocycles. The van der Waals surface area contributed by atoms with Crippen molar-refractivity contribution in [2.24, 2.45) is 11.7 Å². The summed E-state index contributed by atoms with van der Waals surface area (Å²) in [5.41, 5.74) is 8.55. The lowest BCUT2D eigenvalue weighted by Crippen LogP contribution is -2.42. The maximum absolute atomic E-state index is 13.1. The van der Waals surface area contributed by atoms with Gasteiger partial charge in [-0.05, 0) is 55.5 Å². The molecule has 182 valence electrons. The highest BCUT2D eigenvalue weighted by atomic mass is 35.5. The van der Waals surface area contributed by atoms with E-state index >= 15 is 0 Å². The molecule has 0 unspecified atom stereocenters. The molecule has 3 atom stereocenters. The largest absolute Gasteiger partial charge is 0.493 e. The van der Waals surface area contributed by atoms with Crippen LogP contribution >= 0.6 is 22.9 Å². The molecule has 2 aliphatic heterocycles. The Kier molecular flexibility index (Phi) is 6.53. The van der Waals surface area contributed by atoms with Crippen LogP contribution in [0.4, 0.5) is 0 Å². The van der Waals surface area contributed by atoms with Crippen molar-refractivity contribution >= 4 is 34.8 Å². The van der Waals surface area contributed by atoms with Gasteiger partial charge in [0.1, 0.15) is 11.4 Å². The number of carboxylic acid groups (broad SMARTS) is 1. The summed E-state index contributed by atoms with van der Waals surface area (Å²) in [6.07, 6.45) is 2.85. The molecule has 3 aliphatic rings. The average molecular weight is 512 g/mol. The Bertz CT molecular complexity index is 1290. The lowest BCUT2D eigenvalue weighted by Gasteiger charge is -2.26. The lowest BCUT2D eigenvalue weighted by molar-refractivity contribution is 0.0689. The van der Waals surface area contributed by atoms with E-state index < -0.39 is 5.97 Å². The summed E-state index contributed by atoms with van der Waals surface area (Å²) >= 11 is 7.65. The van der Waals surface area contributed by atoms with E-state index in [1.807, 2.05) is 36.1 Å². The number of fused-ring (bicyclic) bond motifs is 2. The highest BCUT2D eigenvalue weighted by Crippen LogP contribution is 2.48. The minimum atomic E-state index is -0.877. The fourth-order valence-corrected chi connectivity index (χ4v) is 6.12. The van der Waals surface area contributed by atoms with E-state index in [4.69, 9.17) is 27.2 Å². The number of nitrogens with two attached hydrogens (primary N) is 1. The molecule has 1 saturated carbocycles. The van der Waals surface area contributed by atoms with Crippen LogP contribution in [0.2, 0.25) is 5.02 Å². The van der Waals surface area contributed by atoms with E-state index in [0.717, 1.165) is 39.6 Å². The number of carbonyl (C=O) groups is 2. The fourth-order valence-electron chi connectivity index (χ4n) is 5.03. The Morgan fingerprint density at radius 2 is 2.06 bits per heavy atom. The van der Waals surface area contributed by atoms with Gasteiger partial charge in [-0.1, -0.05) is 29.8 Å². The highest BCUT2D eigenvalue weighted by molar-refractivity contribution is 7.15. The molecule has 0 spiro atoms. The number of carbonyl (C=O) groups excluding carboxylic acids is 1. The number of thiazole rings is 1. The second-order valence-electron chi connectivity index (χ2n) is 9.01. The van der Waals surface area contributed by atoms with Crippen molar-refractivity contribution < 1.29 is 19.4 Å². The number of aryl methyl sites for hydroxylation is 1. The van der Waals surface area contributed by atoms with Crippen molar-refractivity contribution in [1.29, 1.82) is 0 Å². The van der Waals surface area contributed by atoms with Gasteiger partial charge in [-0.3, -0.25) is 4.79 Å². The minimum absolute atomic E-state index is 0.0183. The van der Waals surface area contributed by atoms with E-state index in [2.05, 4.69) is 4.98 Å². The van der Waals surface area contributed by atoms with Gasteiger partial charge in [0, 0.05) is 35.6 Å². The minimum Gasteiger partial charge on any atom is -0.493 e. The number of ether oxygens (including phenoxy) is 1. The molecule has 1 amide bonds. The molecule has 0 bridgehead atoms. The first kappa shape index (κ1) is 23.8. The van der Waals surface area contributed by atoms with E-state index in [0.29, 0.717) is 47.8 Å². The zero-order valence-electron chi connectivity index (χ0n) is 19.2. The summed E-state index contributed by atoms with van der Waals surface area (Å²) in [5.74, 6) is 0.499. The SMILES string of the molecule is Cc1nc(C(=O)N2[C@H](CN)C[C@@H]3C[C@@H]32)c(-c2cccc(Cl)c2)s1.O=C(O)c1cccc2c1CCO2. The first-order valence-corrected chi connectivity index (χ1v) is 12.8. The highest BCUT2D eigenvalue weighted by Gasteiger charge is 2.54. The second-order valence-corrected chi connectivity index (χ2v) is 10.6. The van der Waals surface area contributed by atoms with Crippen LogP contribution in [0.25, 0.3) is 10.4 Å². The van der Waals surface area contributed by atoms with Gasteiger partial charge in [-0.15, -0.1) is 11.3 Å². The van der Waals surface area contributed by atoms with Crippen LogP contribution in [0.3, 0.4) is 0 Å². The second kappa shape index (κ2) is 9.60. The summed E-state index contributed by atoms with van der Waals surface area (Å²) in [4.78, 5) is 31.2. The zero-order chi connectivity index (χ0) is 24.7. The van der Waals surface area contributed by atoms with Crippen LogP contribution in [-0.2, 0) is 6.42 Å². The molecule has 1 aliphatic carbocycles. The van der Waals surface area contributed by atoms with E-state index in [1.165, 1.54) is 11.3 Å². The van der Waals surface area contributed by atoms with E-state index in [-0.39, 0.29) is 11.9 Å². The van der Waals surface area contributed by atoms with Crippen molar-refractivity contribution in [3.8, 4) is 16.2 Å². The third-order valence-electron chi connectivity index (χ3n) is 6.71. The smallest absolute Gasteiger partial charge is 0.336 e. The number of benzene rings is 2. The van der Waals surface area contributed by atoms with Crippen molar-refractivity contribution in [1.82, 2.24) is 9.88 Å².